The van der Waals surface area contributed by atoms with E-state index in [1.165, 1.54) is 96.3 Å². The highest BCUT2D eigenvalue weighted by Gasteiger charge is 2.26. The van der Waals surface area contributed by atoms with Crippen molar-refractivity contribution < 1.29 is 37.6 Å². The molecule has 0 heterocycles. The van der Waals surface area contributed by atoms with Crippen LogP contribution >= 0.6 is 7.82 Å². The van der Waals surface area contributed by atoms with Crippen molar-refractivity contribution >= 4 is 19.8 Å². The predicted molar refractivity (Wildman–Crippen MR) is 234 cm³/mol. The standard InChI is InChI=1S/C46H82NO8P/c1-4-6-8-10-12-14-16-18-20-21-22-23-25-26-28-30-32-34-36-38-45(48)52-42-44(43-54-56(50,51)53-41-40-47-3)55-46(49)39-37-35-33-31-29-27-24-19-17-15-13-11-9-7-5-2/h12,14,18,20,22-23,26,28,32,34,44,47H,4-11,13,15-17,19,21,24-25,27,29-31,33,35-43H2,1-3H3,(H,50,51)/b14-12-,20-18-,23-22-,28-26-,34-32-. The van der Waals surface area contributed by atoms with Gasteiger partial charge in [0.25, 0.3) is 0 Å². The van der Waals surface area contributed by atoms with Crippen LogP contribution in [0.2, 0.25) is 0 Å². The summed E-state index contributed by atoms with van der Waals surface area (Å²) in [7, 11) is -2.67. The van der Waals surface area contributed by atoms with E-state index in [1.807, 2.05) is 12.2 Å². The largest absolute Gasteiger partial charge is 0.472 e. The molecule has 2 N–H and O–H groups in total. The summed E-state index contributed by atoms with van der Waals surface area (Å²) in [5.41, 5.74) is 0. The number of phosphoric ester groups is 1. The van der Waals surface area contributed by atoms with Crippen molar-refractivity contribution in [3.8, 4) is 0 Å². The van der Waals surface area contributed by atoms with Crippen LogP contribution in [0.4, 0.5) is 0 Å². The van der Waals surface area contributed by atoms with Crippen molar-refractivity contribution in [3.05, 3.63) is 60.8 Å². The molecule has 0 amide bonds. The molecule has 0 aromatic rings. The van der Waals surface area contributed by atoms with E-state index in [2.05, 4.69) is 67.8 Å². The Balaban J connectivity index is 4.33. The molecule has 0 saturated heterocycles. The number of unbranched alkanes of at least 4 members (excludes halogenated alkanes) is 17. The van der Waals surface area contributed by atoms with Crippen molar-refractivity contribution in [1.82, 2.24) is 5.32 Å². The van der Waals surface area contributed by atoms with E-state index in [-0.39, 0.29) is 26.1 Å². The van der Waals surface area contributed by atoms with Gasteiger partial charge in [0.05, 0.1) is 13.2 Å². The average Bonchev–Trinajstić information content (AvgIpc) is 3.18. The molecule has 324 valence electrons. The van der Waals surface area contributed by atoms with Crippen molar-refractivity contribution in [2.24, 2.45) is 0 Å². The molecule has 9 nitrogen and oxygen atoms in total. The molecule has 0 saturated carbocycles. The maximum Gasteiger partial charge on any atom is 0.472 e. The van der Waals surface area contributed by atoms with Gasteiger partial charge in [0.1, 0.15) is 6.61 Å². The lowest BCUT2D eigenvalue weighted by atomic mass is 10.0. The second-order valence-corrected chi connectivity index (χ2v) is 16.0. The number of allylic oxidation sites excluding steroid dienone is 10. The summed E-state index contributed by atoms with van der Waals surface area (Å²) >= 11 is 0. The van der Waals surface area contributed by atoms with Crippen LogP contribution in [0.1, 0.15) is 181 Å². The number of nitrogens with one attached hydrogen (secondary N) is 1. The van der Waals surface area contributed by atoms with Crippen LogP contribution in [0.25, 0.3) is 0 Å². The third-order valence-electron chi connectivity index (χ3n) is 9.15. The van der Waals surface area contributed by atoms with Crippen molar-refractivity contribution in [1.29, 1.82) is 0 Å². The highest BCUT2D eigenvalue weighted by molar-refractivity contribution is 7.47. The average molecular weight is 808 g/mol. The van der Waals surface area contributed by atoms with Crippen LogP contribution in [-0.4, -0.2) is 56.3 Å². The molecule has 0 aromatic heterocycles. The minimum Gasteiger partial charge on any atom is -0.462 e. The molecule has 0 spiro atoms. The molecule has 2 atom stereocenters. The Labute approximate surface area is 342 Å². The number of carbonyl (C=O) groups excluding carboxylic acids is 2. The van der Waals surface area contributed by atoms with Crippen molar-refractivity contribution in [2.45, 2.75) is 187 Å². The first-order valence-electron chi connectivity index (χ1n) is 22.2. The zero-order valence-electron chi connectivity index (χ0n) is 35.8. The third-order valence-corrected chi connectivity index (χ3v) is 10.1. The molecule has 0 aromatic carbocycles. The summed E-state index contributed by atoms with van der Waals surface area (Å²) in [6.45, 7) is 4.11. The molecule has 10 heteroatoms. The highest BCUT2D eigenvalue weighted by atomic mass is 31.2. The maximum atomic E-state index is 12.6. The Hall–Kier alpha value is -2.29. The maximum absolute atomic E-state index is 12.6. The predicted octanol–water partition coefficient (Wildman–Crippen LogP) is 12.8. The number of phosphoric acid groups is 1. The van der Waals surface area contributed by atoms with Gasteiger partial charge in [0.15, 0.2) is 6.10 Å². The number of rotatable bonds is 41. The lowest BCUT2D eigenvalue weighted by Gasteiger charge is -2.20. The fourth-order valence-corrected chi connectivity index (χ4v) is 6.52. The van der Waals surface area contributed by atoms with E-state index >= 15 is 0 Å². The normalized spacial score (nSPS) is 13.9. The molecule has 0 rings (SSSR count). The Morgan fingerprint density at radius 2 is 1.00 bits per heavy atom. The van der Waals surface area contributed by atoms with Crippen molar-refractivity contribution in [3.63, 3.8) is 0 Å². The number of esters is 2. The van der Waals surface area contributed by atoms with Gasteiger partial charge in [-0.15, -0.1) is 0 Å². The van der Waals surface area contributed by atoms with Gasteiger partial charge in [-0.25, -0.2) is 4.57 Å². The lowest BCUT2D eigenvalue weighted by molar-refractivity contribution is -0.161. The summed E-state index contributed by atoms with van der Waals surface area (Å²) in [6.07, 6.45) is 48.5. The first kappa shape index (κ1) is 53.7. The van der Waals surface area contributed by atoms with Gasteiger partial charge in [-0.3, -0.25) is 18.6 Å². The fourth-order valence-electron chi connectivity index (χ4n) is 5.77. The van der Waals surface area contributed by atoms with E-state index < -0.39 is 32.5 Å². The smallest absolute Gasteiger partial charge is 0.462 e. The van der Waals surface area contributed by atoms with E-state index in [1.54, 1.807) is 7.05 Å². The van der Waals surface area contributed by atoms with Crippen LogP contribution in [0.5, 0.6) is 0 Å². The van der Waals surface area contributed by atoms with Gasteiger partial charge in [-0.2, -0.15) is 0 Å². The van der Waals surface area contributed by atoms with Crippen LogP contribution in [0, 0.1) is 0 Å². The minimum absolute atomic E-state index is 0.0289. The molecule has 0 aliphatic carbocycles. The summed E-state index contributed by atoms with van der Waals surface area (Å²) in [5, 5.41) is 2.82. The zero-order chi connectivity index (χ0) is 41.1. The second-order valence-electron chi connectivity index (χ2n) is 14.5. The quantitative estimate of drug-likeness (QED) is 0.0269. The second kappa shape index (κ2) is 42.3. The van der Waals surface area contributed by atoms with E-state index in [4.69, 9.17) is 18.5 Å². The van der Waals surface area contributed by atoms with Gasteiger partial charge < -0.3 is 19.7 Å². The third kappa shape index (κ3) is 41.3. The SMILES string of the molecule is CCCCC/C=C\C/C=C\C/C=C\C/C=C\C/C=C\CCC(=O)OCC(COP(=O)(O)OCCNC)OC(=O)CCCCCCCCCCCCCCCCC. The molecule has 2 unspecified atom stereocenters. The van der Waals surface area contributed by atoms with Gasteiger partial charge >= 0.3 is 19.8 Å². The Bertz CT molecular complexity index is 1100. The first-order valence-corrected chi connectivity index (χ1v) is 23.7. The first-order chi connectivity index (χ1) is 27.3. The summed E-state index contributed by atoms with van der Waals surface area (Å²) in [5.74, 6) is -0.902. The van der Waals surface area contributed by atoms with Crippen LogP contribution < -0.4 is 5.32 Å². The summed E-state index contributed by atoms with van der Waals surface area (Å²) in [6, 6.07) is 0. The van der Waals surface area contributed by atoms with Gasteiger partial charge in [0.2, 0.25) is 0 Å². The number of hydrogen-bond acceptors (Lipinski definition) is 8. The number of likely N-dealkylation sites (N-methyl/N-ethyl adjacent to an activating group) is 1. The Kier molecular flexibility index (Phi) is 40.6. The number of carbonyl (C=O) groups is 2. The zero-order valence-corrected chi connectivity index (χ0v) is 36.7. The van der Waals surface area contributed by atoms with Gasteiger partial charge in [0, 0.05) is 19.4 Å². The summed E-state index contributed by atoms with van der Waals surface area (Å²) in [4.78, 5) is 35.0. The fraction of sp³-hybridized carbons (Fsp3) is 0.739. The van der Waals surface area contributed by atoms with Gasteiger partial charge in [-0.05, 0) is 58.4 Å². The van der Waals surface area contributed by atoms with E-state index in [0.29, 0.717) is 19.4 Å². The minimum atomic E-state index is -4.37. The Morgan fingerprint density at radius 1 is 0.554 bits per heavy atom. The van der Waals surface area contributed by atoms with Crippen LogP contribution in [0.3, 0.4) is 0 Å². The molecule has 0 radical (unpaired) electrons. The molecular formula is C46H82NO8P. The lowest BCUT2D eigenvalue weighted by Crippen LogP contribution is -2.29. The molecular weight excluding hydrogens is 725 g/mol. The molecule has 0 aliphatic heterocycles. The van der Waals surface area contributed by atoms with Gasteiger partial charge in [-0.1, -0.05) is 177 Å². The summed E-state index contributed by atoms with van der Waals surface area (Å²) < 4.78 is 33.1. The number of hydrogen-bond donors (Lipinski definition) is 2. The van der Waals surface area contributed by atoms with Crippen LogP contribution in [0.15, 0.2) is 60.8 Å². The van der Waals surface area contributed by atoms with E-state index in [9.17, 15) is 19.0 Å². The van der Waals surface area contributed by atoms with Crippen molar-refractivity contribution in [2.75, 3.05) is 33.4 Å². The molecule has 0 fully saturated rings. The van der Waals surface area contributed by atoms with Crippen LogP contribution in [-0.2, 0) is 32.7 Å². The molecule has 56 heavy (non-hydrogen) atoms. The monoisotopic (exact) mass is 808 g/mol. The van der Waals surface area contributed by atoms with E-state index in [0.717, 1.165) is 44.9 Å². The Morgan fingerprint density at radius 3 is 1.50 bits per heavy atom. The number of ether oxygens (including phenoxy) is 2. The molecule has 0 aliphatic rings. The highest BCUT2D eigenvalue weighted by Crippen LogP contribution is 2.43. The molecule has 0 bridgehead atoms. The topological polar surface area (TPSA) is 120 Å².